The molecule has 8 rings (SSSR count). The van der Waals surface area contributed by atoms with Crippen LogP contribution in [0.25, 0.3) is 20.3 Å². The Bertz CT molecular complexity index is 2520. The Labute approximate surface area is 445 Å². The first-order valence-corrected chi connectivity index (χ1v) is 30.3. The van der Waals surface area contributed by atoms with Crippen molar-refractivity contribution in [3.63, 3.8) is 0 Å². The molecule has 0 aliphatic rings. The Kier molecular flexibility index (Phi) is 29.9. The van der Waals surface area contributed by atoms with Crippen LogP contribution >= 0.6 is 55.9 Å². The fourth-order valence-corrected chi connectivity index (χ4v) is 9.77. The van der Waals surface area contributed by atoms with E-state index in [9.17, 15) is 0 Å². The summed E-state index contributed by atoms with van der Waals surface area (Å²) in [4.78, 5) is 6.48. The molecular formula is C56H44Cl4N2O2P2Pt2. The molecule has 12 heteroatoms. The summed E-state index contributed by atoms with van der Waals surface area (Å²) in [6, 6.07) is 75.2. The molecule has 0 amide bonds. The van der Waals surface area contributed by atoms with Crippen LogP contribution in [-0.4, -0.2) is 14.2 Å². The van der Waals surface area contributed by atoms with Crippen LogP contribution in [0.1, 0.15) is 22.3 Å². The van der Waals surface area contributed by atoms with Crippen LogP contribution in [0.2, 0.25) is 0 Å². The maximum absolute atomic E-state index is 6.82. The third-order valence-corrected chi connectivity index (χ3v) is 14.1. The predicted molar refractivity (Wildman–Crippen MR) is 285 cm³/mol. The minimum atomic E-state index is -0.961. The number of halogens is 4. The molecule has 0 aliphatic heterocycles. The van der Waals surface area contributed by atoms with Crippen molar-refractivity contribution in [1.82, 2.24) is 0 Å². The third-order valence-electron chi connectivity index (χ3n) is 8.93. The molecule has 8 aromatic carbocycles. The maximum atomic E-state index is 6.82. The van der Waals surface area contributed by atoms with Gasteiger partial charge in [-0.15, -0.1) is 71.8 Å². The van der Waals surface area contributed by atoms with E-state index in [2.05, 4.69) is 89.2 Å². The first kappa shape index (κ1) is 57.5. The van der Waals surface area contributed by atoms with E-state index >= 15 is 0 Å². The van der Waals surface area contributed by atoms with Gasteiger partial charge < -0.3 is 9.47 Å². The Morgan fingerprint density at radius 3 is 0.897 bits per heavy atom. The average molecular weight is 1370 g/mol. The standard InChI is InChI=1S/2C20H15ClP.2C8H7NO.2ClH.2Pt/c2*21-22(19-14-8-3-9-15-19)20(18-12-6-2-7-13-18)16-17-10-4-1-5-11-17;2*1-9-7-3-5-8(10-2)6-4-7;;;;/h2*1-15H;2*3-6H,2H3;2*1H;;/q2*-1;;;;;2*+2/p-2. The molecule has 0 fully saturated rings. The second kappa shape index (κ2) is 35.3. The van der Waals surface area contributed by atoms with Gasteiger partial charge in [-0.2, -0.15) is 0 Å². The number of nitrogens with zero attached hydrogens (tertiary/aromatic N) is 2. The topological polar surface area (TPSA) is 27.2 Å². The Morgan fingerprint density at radius 1 is 0.397 bits per heavy atom. The third kappa shape index (κ3) is 20.8. The summed E-state index contributed by atoms with van der Waals surface area (Å²) in [5.74, 6) is 1.57. The van der Waals surface area contributed by atoms with E-state index in [0.717, 1.165) is 55.0 Å². The number of hydrogen-bond acceptors (Lipinski definition) is 2. The van der Waals surface area contributed by atoms with Gasteiger partial charge in [-0.3, -0.25) is 0 Å². The zero-order valence-corrected chi connectivity index (χ0v) is 46.0. The first-order chi connectivity index (χ1) is 33.4. The first-order valence-electron chi connectivity index (χ1n) is 20.2. The monoisotopic (exact) mass is 1370 g/mol. The molecule has 0 saturated carbocycles. The van der Waals surface area contributed by atoms with E-state index in [1.165, 1.54) is 0 Å². The quantitative estimate of drug-likeness (QED) is 0.0775. The van der Waals surface area contributed by atoms with Crippen molar-refractivity contribution in [3.05, 3.63) is 288 Å². The van der Waals surface area contributed by atoms with Crippen molar-refractivity contribution in [2.24, 2.45) is 0 Å². The predicted octanol–water partition coefficient (Wildman–Crippen LogP) is 17.5. The molecule has 0 N–H and O–H groups in total. The van der Waals surface area contributed by atoms with E-state index in [0.29, 0.717) is 11.4 Å². The van der Waals surface area contributed by atoms with E-state index in [1.54, 1.807) is 100 Å². The van der Waals surface area contributed by atoms with Gasteiger partial charge in [0.25, 0.3) is 0 Å². The van der Waals surface area contributed by atoms with Crippen molar-refractivity contribution in [2.75, 3.05) is 14.2 Å². The van der Waals surface area contributed by atoms with Gasteiger partial charge in [0.05, 0.1) is 27.4 Å². The van der Waals surface area contributed by atoms with Gasteiger partial charge in [0.15, 0.2) is 11.4 Å². The van der Waals surface area contributed by atoms with Crippen molar-refractivity contribution >= 4 is 88.5 Å². The van der Waals surface area contributed by atoms with Crippen LogP contribution in [0.4, 0.5) is 11.4 Å². The van der Waals surface area contributed by atoms with Crippen LogP contribution in [-0.2, 0) is 37.5 Å². The normalized spacial score (nSPS) is 11.0. The molecule has 2 unspecified atom stereocenters. The number of rotatable bonds is 10. The Hall–Kier alpha value is -4.78. The molecule has 0 saturated heterocycles. The summed E-state index contributed by atoms with van der Waals surface area (Å²) in [7, 11) is 10.5. The Balaban J connectivity index is 0.000000248. The zero-order chi connectivity index (χ0) is 49.2. The van der Waals surface area contributed by atoms with Crippen LogP contribution in [0.3, 0.4) is 0 Å². The van der Waals surface area contributed by atoms with Gasteiger partial charge >= 0.3 is 56.4 Å². The molecule has 4 nitrogen and oxygen atoms in total. The molecule has 0 aliphatic carbocycles. The summed E-state index contributed by atoms with van der Waals surface area (Å²) >= 11 is 16.9. The van der Waals surface area contributed by atoms with Crippen LogP contribution < -0.4 is 20.1 Å². The van der Waals surface area contributed by atoms with Crippen molar-refractivity contribution in [3.8, 4) is 11.5 Å². The molecule has 0 aromatic heterocycles. The molecule has 0 heterocycles. The summed E-state index contributed by atoms with van der Waals surface area (Å²) in [5, 5.41) is 4.38. The van der Waals surface area contributed by atoms with E-state index in [4.69, 9.17) is 45.1 Å². The van der Waals surface area contributed by atoms with E-state index in [-0.39, 0.29) is 0 Å². The summed E-state index contributed by atoms with van der Waals surface area (Å²) in [5.41, 5.74) is 5.62. The van der Waals surface area contributed by atoms with Crippen molar-refractivity contribution < 1.29 is 47.0 Å². The second-order valence-corrected chi connectivity index (χ2v) is 18.3. The van der Waals surface area contributed by atoms with E-state index in [1.807, 2.05) is 133 Å². The minimum absolute atomic E-state index is 0.640. The van der Waals surface area contributed by atoms with Gasteiger partial charge in [-0.05, 0) is 34.9 Å². The molecule has 348 valence electrons. The van der Waals surface area contributed by atoms with Gasteiger partial charge in [0, 0.05) is 14.5 Å². The zero-order valence-electron chi connectivity index (χ0n) is 36.7. The molecule has 0 bridgehead atoms. The number of hydrogen-bond donors (Lipinski definition) is 0. The number of methoxy groups -OCH3 is 2. The van der Waals surface area contributed by atoms with Gasteiger partial charge in [0.1, 0.15) is 11.5 Å². The Morgan fingerprint density at radius 2 is 0.647 bits per heavy atom. The SMILES string of the molecule is ClP(C(=[C-]c1ccccc1)c1ccccc1)c1ccccc1.ClP(C(=[C-]c1ccccc1)c1ccccc1)c1ccccc1.[C-]#[N+]c1ccc(OC)cc1.[C-]#[N+]c1ccc(OC)cc1.[Cl][Pt+].[Cl][Pt+]. The fraction of sp³-hybridized carbons (Fsp3) is 0.0357. The van der Waals surface area contributed by atoms with E-state index < -0.39 is 14.5 Å². The molecule has 8 aromatic rings. The summed E-state index contributed by atoms with van der Waals surface area (Å²) in [6.45, 7) is 13.3. The fourth-order valence-electron chi connectivity index (χ4n) is 5.67. The van der Waals surface area contributed by atoms with Crippen molar-refractivity contribution in [1.29, 1.82) is 0 Å². The molecule has 0 spiro atoms. The summed E-state index contributed by atoms with van der Waals surface area (Å²) < 4.78 is 9.82. The van der Waals surface area contributed by atoms with Gasteiger partial charge in [0.2, 0.25) is 0 Å². The molecular weight excluding hydrogens is 1330 g/mol. The van der Waals surface area contributed by atoms with Crippen LogP contribution in [0.15, 0.2) is 231 Å². The molecule has 2 atom stereocenters. The van der Waals surface area contributed by atoms with Gasteiger partial charge in [-0.25, -0.2) is 9.69 Å². The molecule has 68 heavy (non-hydrogen) atoms. The van der Waals surface area contributed by atoms with Crippen LogP contribution in [0, 0.1) is 25.3 Å². The second-order valence-electron chi connectivity index (χ2n) is 13.3. The average Bonchev–Trinajstić information content (AvgIpc) is 3.44. The number of ether oxygens (including phenoxy) is 2. The number of benzene rings is 8. The summed E-state index contributed by atoms with van der Waals surface area (Å²) in [6.07, 6.45) is 7.01. The van der Waals surface area contributed by atoms with Crippen LogP contribution in [0.5, 0.6) is 11.5 Å². The van der Waals surface area contributed by atoms with Gasteiger partial charge in [-0.1, -0.05) is 202 Å². The van der Waals surface area contributed by atoms with Crippen molar-refractivity contribution in [2.45, 2.75) is 0 Å². The molecule has 0 radical (unpaired) electrons.